The fraction of sp³-hybridized carbons (Fsp3) is 0.241. The molecular weight excluding hydrogens is 420 g/mol. The Balaban J connectivity index is 1.54. The van der Waals surface area contributed by atoms with Gasteiger partial charge in [-0.15, -0.1) is 0 Å². The van der Waals surface area contributed by atoms with Gasteiger partial charge in [0.25, 0.3) is 0 Å². The Morgan fingerprint density at radius 2 is 1.68 bits per heavy atom. The predicted octanol–water partition coefficient (Wildman–Crippen LogP) is 5.84. The predicted molar refractivity (Wildman–Crippen MR) is 137 cm³/mol. The van der Waals surface area contributed by atoms with Crippen LogP contribution < -0.4 is 10.6 Å². The van der Waals surface area contributed by atoms with Gasteiger partial charge in [-0.25, -0.2) is 4.68 Å². The van der Waals surface area contributed by atoms with Crippen molar-refractivity contribution >= 4 is 11.7 Å². The number of hydrogen-bond acceptors (Lipinski definition) is 3. The molecule has 1 amide bonds. The molecule has 0 fully saturated rings. The van der Waals surface area contributed by atoms with E-state index in [4.69, 9.17) is 5.10 Å². The van der Waals surface area contributed by atoms with Gasteiger partial charge in [0.1, 0.15) is 11.9 Å². The third kappa shape index (κ3) is 4.34. The lowest BCUT2D eigenvalue weighted by atomic mass is 9.94. The molecule has 1 aliphatic heterocycles. The molecule has 2 heterocycles. The number of aromatic nitrogens is 2. The Morgan fingerprint density at radius 3 is 2.35 bits per heavy atom. The molecule has 1 aliphatic rings. The van der Waals surface area contributed by atoms with Gasteiger partial charge in [0.2, 0.25) is 5.91 Å². The highest BCUT2D eigenvalue weighted by Crippen LogP contribution is 2.42. The van der Waals surface area contributed by atoms with E-state index in [0.717, 1.165) is 34.6 Å². The summed E-state index contributed by atoms with van der Waals surface area (Å²) in [5, 5.41) is 11.8. The highest BCUT2D eigenvalue weighted by atomic mass is 16.2. The van der Waals surface area contributed by atoms with E-state index in [1.807, 2.05) is 53.2 Å². The van der Waals surface area contributed by atoms with Crippen LogP contribution in [-0.4, -0.2) is 15.7 Å². The molecule has 5 rings (SSSR count). The average Bonchev–Trinajstić information content (AvgIpc) is 3.27. The van der Waals surface area contributed by atoms with Crippen molar-refractivity contribution in [2.45, 2.75) is 45.3 Å². The van der Waals surface area contributed by atoms with Crippen LogP contribution in [0, 0.1) is 6.92 Å². The van der Waals surface area contributed by atoms with E-state index >= 15 is 0 Å². The van der Waals surface area contributed by atoms with Crippen LogP contribution in [0.5, 0.6) is 0 Å². The molecule has 4 aromatic rings. The van der Waals surface area contributed by atoms with Crippen molar-refractivity contribution in [3.63, 3.8) is 0 Å². The maximum atomic E-state index is 13.5. The van der Waals surface area contributed by atoms with Crippen LogP contribution in [0.1, 0.15) is 47.8 Å². The van der Waals surface area contributed by atoms with E-state index in [9.17, 15) is 4.79 Å². The fourth-order valence-electron chi connectivity index (χ4n) is 4.69. The maximum Gasteiger partial charge on any atom is 0.245 e. The van der Waals surface area contributed by atoms with Gasteiger partial charge in [-0.3, -0.25) is 4.79 Å². The Morgan fingerprint density at radius 1 is 1.00 bits per heavy atom. The summed E-state index contributed by atoms with van der Waals surface area (Å²) < 4.78 is 1.91. The van der Waals surface area contributed by atoms with Crippen molar-refractivity contribution in [1.82, 2.24) is 15.1 Å². The molecule has 172 valence electrons. The summed E-state index contributed by atoms with van der Waals surface area (Å²) in [5.74, 6) is 0.910. The van der Waals surface area contributed by atoms with Gasteiger partial charge in [0.15, 0.2) is 0 Å². The molecule has 0 spiro atoms. The topological polar surface area (TPSA) is 59.0 Å². The van der Waals surface area contributed by atoms with Crippen LogP contribution in [0.15, 0.2) is 84.9 Å². The molecule has 0 bridgehead atoms. The lowest BCUT2D eigenvalue weighted by Crippen LogP contribution is -2.38. The first kappa shape index (κ1) is 22.0. The summed E-state index contributed by atoms with van der Waals surface area (Å²) in [6, 6.07) is 28.5. The molecule has 5 nitrogen and oxygen atoms in total. The first-order chi connectivity index (χ1) is 16.6. The number of aryl methyl sites for hydroxylation is 2. The van der Waals surface area contributed by atoms with Crippen LogP contribution >= 0.6 is 0 Å². The van der Waals surface area contributed by atoms with Crippen molar-refractivity contribution in [1.29, 1.82) is 0 Å². The minimum absolute atomic E-state index is 0.00604. The standard InChI is InChI=1S/C29H30N4O/c1-3-24-27(23-12-8-5-9-13-23)28-31-25(22-16-14-20(2)15-17-22)18-26(33(28)32-24)29(34)30-19-21-10-6-4-7-11-21/h4-17,25-26,31H,3,18-19H2,1-2H3,(H,30,34)/t25-,26-/m1/s1. The van der Waals surface area contributed by atoms with Gasteiger partial charge in [-0.1, -0.05) is 97.4 Å². The second kappa shape index (κ2) is 9.56. The van der Waals surface area contributed by atoms with Crippen LogP contribution in [0.4, 0.5) is 5.82 Å². The molecule has 5 heteroatoms. The Labute approximate surface area is 200 Å². The van der Waals surface area contributed by atoms with E-state index in [2.05, 4.69) is 60.9 Å². The molecule has 0 saturated heterocycles. The molecule has 1 aromatic heterocycles. The van der Waals surface area contributed by atoms with Gasteiger partial charge in [0.05, 0.1) is 11.7 Å². The lowest BCUT2D eigenvalue weighted by Gasteiger charge is -2.32. The van der Waals surface area contributed by atoms with Gasteiger partial charge in [0, 0.05) is 18.5 Å². The number of benzene rings is 3. The minimum Gasteiger partial charge on any atom is -0.363 e. The van der Waals surface area contributed by atoms with Gasteiger partial charge < -0.3 is 10.6 Å². The highest BCUT2D eigenvalue weighted by molar-refractivity contribution is 5.85. The number of rotatable bonds is 6. The quantitative estimate of drug-likeness (QED) is 0.388. The fourth-order valence-corrected chi connectivity index (χ4v) is 4.69. The Bertz CT molecular complexity index is 1260. The highest BCUT2D eigenvalue weighted by Gasteiger charge is 2.36. The maximum absolute atomic E-state index is 13.5. The molecule has 0 saturated carbocycles. The second-order valence-electron chi connectivity index (χ2n) is 8.90. The SMILES string of the molecule is CCc1nn2c(c1-c1ccccc1)N[C@@H](c1ccc(C)cc1)C[C@@H]2C(=O)NCc1ccccc1. The van der Waals surface area contributed by atoms with Gasteiger partial charge >= 0.3 is 0 Å². The smallest absolute Gasteiger partial charge is 0.245 e. The zero-order valence-electron chi connectivity index (χ0n) is 19.7. The molecule has 2 N–H and O–H groups in total. The minimum atomic E-state index is -0.394. The van der Waals surface area contributed by atoms with Crippen molar-refractivity contribution < 1.29 is 4.79 Å². The van der Waals surface area contributed by atoms with Crippen molar-refractivity contribution in [2.75, 3.05) is 5.32 Å². The number of anilines is 1. The lowest BCUT2D eigenvalue weighted by molar-refractivity contribution is -0.125. The zero-order chi connectivity index (χ0) is 23.5. The largest absolute Gasteiger partial charge is 0.363 e. The summed E-state index contributed by atoms with van der Waals surface area (Å²) in [6.07, 6.45) is 1.43. The molecule has 0 aliphatic carbocycles. The number of hydrogen-bond donors (Lipinski definition) is 2. The van der Waals surface area contributed by atoms with E-state index in [-0.39, 0.29) is 11.9 Å². The van der Waals surface area contributed by atoms with Crippen molar-refractivity contribution in [3.05, 3.63) is 107 Å². The third-order valence-corrected chi connectivity index (χ3v) is 6.54. The van der Waals surface area contributed by atoms with Gasteiger partial charge in [-0.2, -0.15) is 5.10 Å². The van der Waals surface area contributed by atoms with Crippen LogP contribution in [0.25, 0.3) is 11.1 Å². The molecular formula is C29H30N4O. The third-order valence-electron chi connectivity index (χ3n) is 6.54. The Kier molecular flexibility index (Phi) is 6.17. The molecule has 2 atom stereocenters. The normalized spacial score (nSPS) is 17.0. The first-order valence-electron chi connectivity index (χ1n) is 12.0. The number of carbonyl (C=O) groups is 1. The van der Waals surface area contributed by atoms with Gasteiger partial charge in [-0.05, 0) is 30.0 Å². The van der Waals surface area contributed by atoms with Crippen molar-refractivity contribution in [2.24, 2.45) is 0 Å². The number of amides is 1. The average molecular weight is 451 g/mol. The van der Waals surface area contributed by atoms with Crippen LogP contribution in [0.2, 0.25) is 0 Å². The second-order valence-corrected chi connectivity index (χ2v) is 8.90. The van der Waals surface area contributed by atoms with E-state index in [0.29, 0.717) is 13.0 Å². The molecule has 0 unspecified atom stereocenters. The number of carbonyl (C=O) groups excluding carboxylic acids is 1. The van der Waals surface area contributed by atoms with E-state index < -0.39 is 6.04 Å². The summed E-state index contributed by atoms with van der Waals surface area (Å²) in [6.45, 7) is 4.71. The number of fused-ring (bicyclic) bond motifs is 1. The van der Waals surface area contributed by atoms with Crippen LogP contribution in [0.3, 0.4) is 0 Å². The summed E-state index contributed by atoms with van der Waals surface area (Å²) in [4.78, 5) is 13.5. The summed E-state index contributed by atoms with van der Waals surface area (Å²) >= 11 is 0. The summed E-state index contributed by atoms with van der Waals surface area (Å²) in [7, 11) is 0. The van der Waals surface area contributed by atoms with E-state index in [1.54, 1.807) is 0 Å². The number of nitrogens with zero attached hydrogens (tertiary/aromatic N) is 2. The molecule has 3 aromatic carbocycles. The summed E-state index contributed by atoms with van der Waals surface area (Å²) in [5.41, 5.74) is 6.68. The van der Waals surface area contributed by atoms with E-state index in [1.165, 1.54) is 11.1 Å². The molecule has 0 radical (unpaired) electrons. The number of nitrogens with one attached hydrogen (secondary N) is 2. The zero-order valence-corrected chi connectivity index (χ0v) is 19.7. The Hall–Kier alpha value is -3.86. The van der Waals surface area contributed by atoms with Crippen molar-refractivity contribution in [3.8, 4) is 11.1 Å². The monoisotopic (exact) mass is 450 g/mol. The molecule has 34 heavy (non-hydrogen) atoms. The van der Waals surface area contributed by atoms with Crippen LogP contribution in [-0.2, 0) is 17.8 Å². The first-order valence-corrected chi connectivity index (χ1v) is 12.0.